The van der Waals surface area contributed by atoms with Crippen molar-refractivity contribution in [1.29, 1.82) is 0 Å². The van der Waals surface area contributed by atoms with E-state index in [0.717, 1.165) is 12.1 Å². The van der Waals surface area contributed by atoms with Crippen LogP contribution in [0, 0.1) is 23.5 Å². The molecule has 0 unspecified atom stereocenters. The lowest BCUT2D eigenvalue weighted by atomic mass is 10.3. The van der Waals surface area contributed by atoms with Crippen LogP contribution in [-0.2, 0) is 0 Å². The van der Waals surface area contributed by atoms with Crippen molar-refractivity contribution >= 4 is 41.8 Å². The molecule has 0 spiro atoms. The fourth-order valence-electron chi connectivity index (χ4n) is 0.429. The van der Waals surface area contributed by atoms with Crippen molar-refractivity contribution in [3.63, 3.8) is 0 Å². The molecule has 0 saturated heterocycles. The fraction of sp³-hybridized carbons (Fsp3) is 0. The van der Waals surface area contributed by atoms with Crippen molar-refractivity contribution in [2.75, 3.05) is 0 Å². The molecule has 0 aliphatic heterocycles. The van der Waals surface area contributed by atoms with E-state index in [1.54, 1.807) is 0 Å². The third-order valence-electron chi connectivity index (χ3n) is 0.839. The molecular weight excluding hydrogens is 313 g/mol. The Labute approximate surface area is 90.0 Å². The molecule has 0 heterocycles. The van der Waals surface area contributed by atoms with Crippen molar-refractivity contribution in [3.8, 4) is 0 Å². The monoisotopic (exact) mass is 313 g/mol. The predicted molar refractivity (Wildman–Crippen MR) is 48.8 cm³/mol. The van der Waals surface area contributed by atoms with Crippen LogP contribution in [0.3, 0.4) is 0 Å². The average molecular weight is 315 g/mol. The van der Waals surface area contributed by atoms with Crippen molar-refractivity contribution in [1.82, 2.24) is 0 Å². The largest absolute Gasteiger partial charge is 0.560 e. The highest BCUT2D eigenvalue weighted by molar-refractivity contribution is 9.47. The molecule has 0 aliphatic carbocycles. The Bertz CT molecular complexity index is 224. The summed E-state index contributed by atoms with van der Waals surface area (Å²) in [7, 11) is 0. The SMILES string of the molecule is Fc1c[c]cc(F)c1F.[Br][Mg][Br]. The van der Waals surface area contributed by atoms with Crippen molar-refractivity contribution in [3.05, 3.63) is 35.7 Å². The highest BCUT2D eigenvalue weighted by Crippen LogP contribution is 2.07. The number of hydrogen-bond acceptors (Lipinski definition) is 0. The Kier molecular flexibility index (Phi) is 7.61. The number of benzene rings is 1. The smallest absolute Gasteiger partial charge is 0.280 e. The maximum absolute atomic E-state index is 12.0. The van der Waals surface area contributed by atoms with E-state index in [4.69, 9.17) is 0 Å². The lowest BCUT2D eigenvalue weighted by molar-refractivity contribution is 0.447. The Morgan fingerprint density at radius 2 is 1.42 bits per heavy atom. The first-order chi connectivity index (χ1) is 5.63. The summed E-state index contributed by atoms with van der Waals surface area (Å²) in [5.41, 5.74) is 0. The van der Waals surface area contributed by atoms with E-state index in [1.807, 2.05) is 0 Å². The molecule has 1 aromatic rings. The quantitative estimate of drug-likeness (QED) is 0.509. The van der Waals surface area contributed by atoms with E-state index < -0.39 is 17.5 Å². The van der Waals surface area contributed by atoms with Gasteiger partial charge in [-0.25, -0.2) is 13.2 Å². The third kappa shape index (κ3) is 4.69. The lowest BCUT2D eigenvalue weighted by Crippen LogP contribution is -1.87. The first-order valence-corrected chi connectivity index (χ1v) is 10.6. The summed E-state index contributed by atoms with van der Waals surface area (Å²) in [6.45, 7) is 0. The summed E-state index contributed by atoms with van der Waals surface area (Å²) in [6, 6.07) is 3.55. The Balaban J connectivity index is 0.000000354. The van der Waals surface area contributed by atoms with Crippen LogP contribution in [0.1, 0.15) is 0 Å². The van der Waals surface area contributed by atoms with Gasteiger partial charge in [0.15, 0.2) is 17.5 Å². The van der Waals surface area contributed by atoms with E-state index in [2.05, 4.69) is 31.8 Å². The maximum atomic E-state index is 12.0. The molecule has 0 fully saturated rings. The van der Waals surface area contributed by atoms with Gasteiger partial charge in [-0.3, -0.25) is 25.8 Å². The van der Waals surface area contributed by atoms with Crippen molar-refractivity contribution in [2.24, 2.45) is 0 Å². The Morgan fingerprint density at radius 3 is 1.67 bits per heavy atom. The van der Waals surface area contributed by atoms with Crippen LogP contribution in [0.5, 0.6) is 0 Å². The molecular formula is C6H2Br2F3Mg. The van der Waals surface area contributed by atoms with Gasteiger partial charge < -0.3 is 0 Å². The second-order valence-corrected chi connectivity index (χ2v) is 9.65. The van der Waals surface area contributed by atoms with Gasteiger partial charge in [-0.05, 0) is 18.2 Å². The van der Waals surface area contributed by atoms with E-state index >= 15 is 0 Å². The van der Waals surface area contributed by atoms with Crippen LogP contribution in [0.2, 0.25) is 0 Å². The molecule has 0 N–H and O–H groups in total. The van der Waals surface area contributed by atoms with Gasteiger partial charge in [0.2, 0.25) is 0 Å². The van der Waals surface area contributed by atoms with Gasteiger partial charge in [0.05, 0.1) is 0 Å². The molecule has 12 heavy (non-hydrogen) atoms. The number of hydrogen-bond donors (Lipinski definition) is 0. The number of halogens is 5. The molecule has 1 aromatic carbocycles. The first-order valence-electron chi connectivity index (χ1n) is 2.76. The van der Waals surface area contributed by atoms with Crippen molar-refractivity contribution in [2.45, 2.75) is 0 Å². The topological polar surface area (TPSA) is 0 Å². The fourth-order valence-corrected chi connectivity index (χ4v) is 0.429. The first kappa shape index (κ1) is 12.7. The minimum absolute atomic E-state index is 0.0417. The van der Waals surface area contributed by atoms with Crippen LogP contribution < -0.4 is 0 Å². The highest BCUT2D eigenvalue weighted by Gasteiger charge is 2.04. The van der Waals surface area contributed by atoms with Crippen LogP contribution in [0.4, 0.5) is 13.2 Å². The third-order valence-corrected chi connectivity index (χ3v) is 0.839. The van der Waals surface area contributed by atoms with E-state index in [-0.39, 0.29) is 16.0 Å². The standard InChI is InChI=1S/C6H2F3.2BrH.Mg/c7-4-2-1-3-5(8)6(4)9;;;/h2-3H;2*1H;/q;;;+2/p-2. The van der Waals surface area contributed by atoms with E-state index in [1.165, 1.54) is 0 Å². The molecule has 6 heteroatoms. The molecule has 0 nitrogen and oxygen atoms in total. The molecule has 1 radical (unpaired) electrons. The van der Waals surface area contributed by atoms with E-state index in [9.17, 15) is 13.2 Å². The molecule has 0 aliphatic rings. The van der Waals surface area contributed by atoms with Crippen LogP contribution in [-0.4, -0.2) is 16.0 Å². The van der Waals surface area contributed by atoms with Crippen LogP contribution in [0.15, 0.2) is 12.1 Å². The van der Waals surface area contributed by atoms with Gasteiger partial charge in [0, 0.05) is 0 Å². The molecule has 0 atom stereocenters. The minimum Gasteiger partial charge on any atom is -0.280 e. The number of rotatable bonds is 0. The van der Waals surface area contributed by atoms with Gasteiger partial charge in [-0.1, -0.05) is 0 Å². The van der Waals surface area contributed by atoms with Crippen LogP contribution >= 0.6 is 25.8 Å². The summed E-state index contributed by atoms with van der Waals surface area (Å²) in [6.07, 6.45) is 0. The predicted octanol–water partition coefficient (Wildman–Crippen LogP) is 3.21. The summed E-state index contributed by atoms with van der Waals surface area (Å²) in [5, 5.41) is 0. The van der Waals surface area contributed by atoms with Gasteiger partial charge in [-0.2, -0.15) is 0 Å². The van der Waals surface area contributed by atoms with Crippen LogP contribution in [0.25, 0.3) is 0 Å². The maximum Gasteiger partial charge on any atom is 0.560 e. The normalized spacial score (nSPS) is 8.08. The molecule has 1 rings (SSSR count). The zero-order valence-electron chi connectivity index (χ0n) is 5.75. The zero-order valence-corrected chi connectivity index (χ0v) is 10.3. The van der Waals surface area contributed by atoms with Gasteiger partial charge >= 0.3 is 16.0 Å². The minimum atomic E-state index is -1.45. The van der Waals surface area contributed by atoms with Gasteiger partial charge in [0.1, 0.15) is 0 Å². The molecule has 0 aromatic heterocycles. The van der Waals surface area contributed by atoms with Gasteiger partial charge in [-0.15, -0.1) is 0 Å². The lowest BCUT2D eigenvalue weighted by Gasteiger charge is -1.89. The van der Waals surface area contributed by atoms with Gasteiger partial charge in [0.25, 0.3) is 0 Å². The molecule has 0 saturated carbocycles. The summed E-state index contributed by atoms with van der Waals surface area (Å²) >= 11 is 6.44. The summed E-state index contributed by atoms with van der Waals surface area (Å²) in [4.78, 5) is 0. The summed E-state index contributed by atoms with van der Waals surface area (Å²) in [5.74, 6) is -3.88. The molecule has 0 bridgehead atoms. The highest BCUT2D eigenvalue weighted by atomic mass is 79.9. The Morgan fingerprint density at radius 1 is 1.08 bits per heavy atom. The molecule has 63 valence electrons. The zero-order chi connectivity index (χ0) is 9.56. The van der Waals surface area contributed by atoms with E-state index in [0.29, 0.717) is 0 Å². The average Bonchev–Trinajstić information content (AvgIpc) is 2.02. The summed E-state index contributed by atoms with van der Waals surface area (Å²) < 4.78 is 35.8. The second-order valence-electron chi connectivity index (χ2n) is 1.57. The van der Waals surface area contributed by atoms with Crippen molar-refractivity contribution < 1.29 is 13.2 Å². The molecule has 0 amide bonds. The Hall–Kier alpha value is 0.736. The second kappa shape index (κ2) is 7.17.